The zero-order chi connectivity index (χ0) is 14.0. The van der Waals surface area contributed by atoms with Gasteiger partial charge < -0.3 is 5.32 Å². The number of sulfone groups is 1. The molecule has 4 nitrogen and oxygen atoms in total. The molecule has 1 aliphatic rings. The van der Waals surface area contributed by atoms with Crippen LogP contribution in [0.1, 0.15) is 34.6 Å². The number of hydrogen-bond acceptors (Lipinski definition) is 4. The zero-order valence-electron chi connectivity index (χ0n) is 12.4. The summed E-state index contributed by atoms with van der Waals surface area (Å²) in [6.45, 7) is 13.7. The quantitative estimate of drug-likeness (QED) is 0.836. The van der Waals surface area contributed by atoms with Gasteiger partial charge in [0.1, 0.15) is 0 Å². The number of rotatable bonds is 4. The fourth-order valence-electron chi connectivity index (χ4n) is 2.09. The molecule has 1 N–H and O–H groups in total. The van der Waals surface area contributed by atoms with E-state index in [4.69, 9.17) is 0 Å². The molecule has 1 heterocycles. The Morgan fingerprint density at radius 2 is 1.94 bits per heavy atom. The van der Waals surface area contributed by atoms with E-state index < -0.39 is 9.84 Å². The fourth-order valence-corrected chi connectivity index (χ4v) is 3.07. The normalized spacial score (nSPS) is 23.6. The predicted octanol–water partition coefficient (Wildman–Crippen LogP) is 1.13. The van der Waals surface area contributed by atoms with Crippen LogP contribution in [-0.2, 0) is 9.84 Å². The van der Waals surface area contributed by atoms with Crippen molar-refractivity contribution in [2.24, 2.45) is 5.41 Å². The van der Waals surface area contributed by atoms with Gasteiger partial charge in [-0.05, 0) is 19.3 Å². The molecule has 1 saturated heterocycles. The van der Waals surface area contributed by atoms with Crippen molar-refractivity contribution in [2.45, 2.75) is 45.9 Å². The molecular formula is C13H28N2O2S. The molecule has 5 heteroatoms. The number of nitrogens with one attached hydrogen (secondary N) is 1. The van der Waals surface area contributed by atoms with E-state index in [1.165, 1.54) is 0 Å². The van der Waals surface area contributed by atoms with Crippen LogP contribution in [0.5, 0.6) is 0 Å². The summed E-state index contributed by atoms with van der Waals surface area (Å²) >= 11 is 0. The molecule has 0 aromatic rings. The van der Waals surface area contributed by atoms with Crippen molar-refractivity contribution < 1.29 is 8.42 Å². The van der Waals surface area contributed by atoms with Crippen LogP contribution in [-0.4, -0.2) is 56.5 Å². The van der Waals surface area contributed by atoms with Crippen LogP contribution in [0.3, 0.4) is 0 Å². The van der Waals surface area contributed by atoms with Gasteiger partial charge >= 0.3 is 0 Å². The second-order valence-electron chi connectivity index (χ2n) is 6.59. The third-order valence-corrected chi connectivity index (χ3v) is 5.90. The summed E-state index contributed by atoms with van der Waals surface area (Å²) in [6, 6.07) is 0.438. The smallest absolute Gasteiger partial charge is 0.153 e. The molecule has 0 radical (unpaired) electrons. The van der Waals surface area contributed by atoms with Crippen molar-refractivity contribution in [3.8, 4) is 0 Å². The Kier molecular flexibility index (Phi) is 5.21. The molecule has 0 aromatic heterocycles. The maximum Gasteiger partial charge on any atom is 0.153 e. The molecule has 1 aliphatic heterocycles. The maximum absolute atomic E-state index is 11.8. The molecule has 1 rings (SSSR count). The summed E-state index contributed by atoms with van der Waals surface area (Å²) in [4.78, 5) is 2.27. The first kappa shape index (κ1) is 15.9. The van der Waals surface area contributed by atoms with Crippen LogP contribution in [0.15, 0.2) is 0 Å². The van der Waals surface area contributed by atoms with Crippen LogP contribution in [0.2, 0.25) is 0 Å². The van der Waals surface area contributed by atoms with Gasteiger partial charge in [-0.1, -0.05) is 20.8 Å². The lowest BCUT2D eigenvalue weighted by atomic mass is 9.85. The highest BCUT2D eigenvalue weighted by Gasteiger charge is 2.29. The topological polar surface area (TPSA) is 49.4 Å². The van der Waals surface area contributed by atoms with Crippen LogP contribution in [0, 0.1) is 5.41 Å². The zero-order valence-corrected chi connectivity index (χ0v) is 13.2. The molecule has 0 bridgehead atoms. The highest BCUT2D eigenvalue weighted by atomic mass is 32.2. The number of hydrogen-bond donors (Lipinski definition) is 1. The Balaban J connectivity index is 2.49. The average molecular weight is 276 g/mol. The van der Waals surface area contributed by atoms with Crippen molar-refractivity contribution in [1.82, 2.24) is 10.2 Å². The summed E-state index contributed by atoms with van der Waals surface area (Å²) in [7, 11) is -2.91. The lowest BCUT2D eigenvalue weighted by molar-refractivity contribution is 0.140. The lowest BCUT2D eigenvalue weighted by Gasteiger charge is -2.40. The Morgan fingerprint density at radius 1 is 1.33 bits per heavy atom. The van der Waals surface area contributed by atoms with Crippen molar-refractivity contribution in [2.75, 3.05) is 31.9 Å². The molecule has 0 aliphatic carbocycles. The monoisotopic (exact) mass is 276 g/mol. The van der Waals surface area contributed by atoms with Crippen LogP contribution < -0.4 is 5.32 Å². The lowest BCUT2D eigenvalue weighted by Crippen LogP contribution is -2.56. The fraction of sp³-hybridized carbons (Fsp3) is 1.00. The van der Waals surface area contributed by atoms with Crippen LogP contribution in [0.25, 0.3) is 0 Å². The van der Waals surface area contributed by atoms with Gasteiger partial charge in [-0.2, -0.15) is 0 Å². The SMILES string of the molecule is CC(C)S(=O)(=O)CCN1CCNC(C(C)(C)C)C1. The molecule has 18 heavy (non-hydrogen) atoms. The van der Waals surface area contributed by atoms with E-state index in [0.717, 1.165) is 19.6 Å². The second-order valence-corrected chi connectivity index (χ2v) is 9.27. The first-order valence-corrected chi connectivity index (χ1v) is 8.52. The molecule has 0 aromatic carbocycles. The summed E-state index contributed by atoms with van der Waals surface area (Å²) < 4.78 is 23.6. The highest BCUT2D eigenvalue weighted by Crippen LogP contribution is 2.21. The standard InChI is InChI=1S/C13H28N2O2S/c1-11(2)18(16,17)9-8-15-7-6-14-12(10-15)13(3,4)5/h11-12,14H,6-10H2,1-5H3. The van der Waals surface area contributed by atoms with Crippen molar-refractivity contribution in [3.05, 3.63) is 0 Å². The molecule has 1 atom stereocenters. The minimum Gasteiger partial charge on any atom is -0.311 e. The predicted molar refractivity (Wildman–Crippen MR) is 76.6 cm³/mol. The summed E-state index contributed by atoms with van der Waals surface area (Å²) in [5, 5.41) is 3.25. The van der Waals surface area contributed by atoms with Gasteiger partial charge in [0.25, 0.3) is 0 Å². The molecule has 0 spiro atoms. The third-order valence-electron chi connectivity index (χ3n) is 3.72. The van der Waals surface area contributed by atoms with Gasteiger partial charge in [-0.25, -0.2) is 8.42 Å². The van der Waals surface area contributed by atoms with Crippen molar-refractivity contribution >= 4 is 9.84 Å². The van der Waals surface area contributed by atoms with E-state index in [-0.39, 0.29) is 16.4 Å². The van der Waals surface area contributed by atoms with Crippen LogP contribution >= 0.6 is 0 Å². The van der Waals surface area contributed by atoms with E-state index in [2.05, 4.69) is 31.0 Å². The number of nitrogens with zero attached hydrogens (tertiary/aromatic N) is 1. The number of piperazine rings is 1. The summed E-state index contributed by atoms with van der Waals surface area (Å²) in [5.74, 6) is 0.279. The molecule has 1 unspecified atom stereocenters. The molecule has 1 fully saturated rings. The van der Waals surface area contributed by atoms with Gasteiger partial charge in [0, 0.05) is 32.2 Å². The maximum atomic E-state index is 11.8. The summed E-state index contributed by atoms with van der Waals surface area (Å²) in [5.41, 5.74) is 0.218. The van der Waals surface area contributed by atoms with E-state index in [1.807, 2.05) is 0 Å². The van der Waals surface area contributed by atoms with Gasteiger partial charge in [0.2, 0.25) is 0 Å². The first-order valence-electron chi connectivity index (χ1n) is 6.80. The third kappa shape index (κ3) is 4.52. The molecule has 108 valence electrons. The Morgan fingerprint density at radius 3 is 2.44 bits per heavy atom. The first-order chi connectivity index (χ1) is 8.13. The Labute approximate surface area is 112 Å². The highest BCUT2D eigenvalue weighted by molar-refractivity contribution is 7.92. The average Bonchev–Trinajstić information content (AvgIpc) is 2.25. The van der Waals surface area contributed by atoms with Crippen molar-refractivity contribution in [3.63, 3.8) is 0 Å². The van der Waals surface area contributed by atoms with E-state index in [9.17, 15) is 8.42 Å². The van der Waals surface area contributed by atoms with Crippen molar-refractivity contribution in [1.29, 1.82) is 0 Å². The second kappa shape index (κ2) is 5.88. The Bertz CT molecular complexity index is 358. The largest absolute Gasteiger partial charge is 0.311 e. The van der Waals surface area contributed by atoms with Crippen LogP contribution in [0.4, 0.5) is 0 Å². The molecule has 0 amide bonds. The van der Waals surface area contributed by atoms with Gasteiger partial charge in [0.15, 0.2) is 9.84 Å². The minimum atomic E-state index is -2.91. The van der Waals surface area contributed by atoms with Gasteiger partial charge in [-0.15, -0.1) is 0 Å². The molecular weight excluding hydrogens is 248 g/mol. The van der Waals surface area contributed by atoms with E-state index in [0.29, 0.717) is 12.6 Å². The minimum absolute atomic E-state index is 0.218. The van der Waals surface area contributed by atoms with E-state index >= 15 is 0 Å². The van der Waals surface area contributed by atoms with E-state index in [1.54, 1.807) is 13.8 Å². The molecule has 0 saturated carbocycles. The van der Waals surface area contributed by atoms with Gasteiger partial charge in [0.05, 0.1) is 11.0 Å². The van der Waals surface area contributed by atoms with Gasteiger partial charge in [-0.3, -0.25) is 4.90 Å². The Hall–Kier alpha value is -0.130. The summed E-state index contributed by atoms with van der Waals surface area (Å²) in [6.07, 6.45) is 0.